The topological polar surface area (TPSA) is 47.0 Å². The number of rotatable bonds is 9. The Morgan fingerprint density at radius 1 is 1.15 bits per heavy atom. The highest BCUT2D eigenvalue weighted by Crippen LogP contribution is 2.11. The Bertz CT molecular complexity index is 382. The summed E-state index contributed by atoms with van der Waals surface area (Å²) in [6.45, 7) is 14.0. The number of hydrogen-bond acceptors (Lipinski definition) is 4. The van der Waals surface area contributed by atoms with Gasteiger partial charge in [0.2, 0.25) is 0 Å². The highest BCUT2D eigenvalue weighted by molar-refractivity contribution is 5.24. The van der Waals surface area contributed by atoms with Gasteiger partial charge in [-0.1, -0.05) is 20.8 Å². The molecular formula is C16H29N3O. The van der Waals surface area contributed by atoms with Crippen molar-refractivity contribution >= 4 is 0 Å². The van der Waals surface area contributed by atoms with Gasteiger partial charge in [-0.25, -0.2) is 9.97 Å². The molecule has 1 rings (SSSR count). The van der Waals surface area contributed by atoms with E-state index in [2.05, 4.69) is 49.9 Å². The Hall–Kier alpha value is -1.00. The normalized spacial score (nSPS) is 11.3. The average Bonchev–Trinajstić information content (AvgIpc) is 2.37. The average molecular weight is 279 g/mol. The third-order valence-corrected chi connectivity index (χ3v) is 3.15. The Kier molecular flexibility index (Phi) is 7.70. The zero-order valence-electron chi connectivity index (χ0n) is 13.6. The summed E-state index contributed by atoms with van der Waals surface area (Å²) in [5, 5.41) is 3.46. The third-order valence-electron chi connectivity index (χ3n) is 3.15. The van der Waals surface area contributed by atoms with Crippen LogP contribution in [0.15, 0.2) is 0 Å². The molecule has 4 heteroatoms. The zero-order valence-corrected chi connectivity index (χ0v) is 13.6. The fraction of sp³-hybridized carbons (Fsp3) is 0.750. The first-order valence-electron chi connectivity index (χ1n) is 7.66. The number of hydrogen-bond donors (Lipinski definition) is 1. The standard InChI is InChI=1S/C16H29N3O/c1-6-9-20-11-16-18-13(4)15(14(5)19-16)7-8-17-10-12(2)3/h12,17H,6-11H2,1-5H3. The predicted molar refractivity (Wildman–Crippen MR) is 82.9 cm³/mol. The fourth-order valence-corrected chi connectivity index (χ4v) is 2.15. The molecule has 0 spiro atoms. The first kappa shape index (κ1) is 17.1. The number of nitrogens with one attached hydrogen (secondary N) is 1. The maximum Gasteiger partial charge on any atom is 0.154 e. The van der Waals surface area contributed by atoms with E-state index >= 15 is 0 Å². The Morgan fingerprint density at radius 2 is 1.80 bits per heavy atom. The molecule has 1 aromatic heterocycles. The summed E-state index contributed by atoms with van der Waals surface area (Å²) >= 11 is 0. The lowest BCUT2D eigenvalue weighted by atomic mass is 10.1. The fourth-order valence-electron chi connectivity index (χ4n) is 2.15. The summed E-state index contributed by atoms with van der Waals surface area (Å²) in [5.74, 6) is 1.49. The van der Waals surface area contributed by atoms with E-state index in [9.17, 15) is 0 Å². The van der Waals surface area contributed by atoms with Crippen LogP contribution < -0.4 is 5.32 Å². The van der Waals surface area contributed by atoms with E-state index in [0.29, 0.717) is 12.5 Å². The van der Waals surface area contributed by atoms with E-state index < -0.39 is 0 Å². The highest BCUT2D eigenvalue weighted by Gasteiger charge is 2.08. The van der Waals surface area contributed by atoms with Gasteiger partial charge in [0.15, 0.2) is 5.82 Å². The second-order valence-electron chi connectivity index (χ2n) is 5.69. The SMILES string of the molecule is CCCOCc1nc(C)c(CCNCC(C)C)c(C)n1. The van der Waals surface area contributed by atoms with Crippen molar-refractivity contribution in [3.63, 3.8) is 0 Å². The van der Waals surface area contributed by atoms with Gasteiger partial charge in [-0.15, -0.1) is 0 Å². The van der Waals surface area contributed by atoms with Crippen LogP contribution in [0.3, 0.4) is 0 Å². The van der Waals surface area contributed by atoms with E-state index in [4.69, 9.17) is 4.74 Å². The van der Waals surface area contributed by atoms with Crippen molar-refractivity contribution in [3.05, 3.63) is 22.8 Å². The molecule has 4 nitrogen and oxygen atoms in total. The third kappa shape index (κ3) is 5.97. The summed E-state index contributed by atoms with van der Waals surface area (Å²) in [5.41, 5.74) is 3.43. The Morgan fingerprint density at radius 3 is 2.35 bits per heavy atom. The second kappa shape index (κ2) is 9.03. The monoisotopic (exact) mass is 279 g/mol. The lowest BCUT2D eigenvalue weighted by molar-refractivity contribution is 0.116. The molecule has 0 aliphatic heterocycles. The van der Waals surface area contributed by atoms with Gasteiger partial charge < -0.3 is 10.1 Å². The van der Waals surface area contributed by atoms with Crippen molar-refractivity contribution in [1.29, 1.82) is 0 Å². The van der Waals surface area contributed by atoms with Gasteiger partial charge in [0.05, 0.1) is 0 Å². The molecule has 1 N–H and O–H groups in total. The number of aromatic nitrogens is 2. The van der Waals surface area contributed by atoms with Crippen LogP contribution in [0.2, 0.25) is 0 Å². The number of aryl methyl sites for hydroxylation is 2. The minimum Gasteiger partial charge on any atom is -0.373 e. The van der Waals surface area contributed by atoms with Gasteiger partial charge >= 0.3 is 0 Å². The molecule has 0 unspecified atom stereocenters. The lowest BCUT2D eigenvalue weighted by Gasteiger charge is -2.12. The van der Waals surface area contributed by atoms with Gasteiger partial charge in [-0.05, 0) is 51.3 Å². The van der Waals surface area contributed by atoms with Crippen molar-refractivity contribution in [2.45, 2.75) is 54.1 Å². The summed E-state index contributed by atoms with van der Waals surface area (Å²) in [6, 6.07) is 0. The van der Waals surface area contributed by atoms with Crippen LogP contribution in [0, 0.1) is 19.8 Å². The summed E-state index contributed by atoms with van der Waals surface area (Å²) in [4.78, 5) is 9.11. The lowest BCUT2D eigenvalue weighted by Crippen LogP contribution is -2.23. The Balaban J connectivity index is 2.55. The first-order chi connectivity index (χ1) is 9.54. The van der Waals surface area contributed by atoms with Gasteiger partial charge in [0, 0.05) is 18.0 Å². The molecule has 0 atom stereocenters. The largest absolute Gasteiger partial charge is 0.373 e. The van der Waals surface area contributed by atoms with Crippen LogP contribution in [-0.2, 0) is 17.8 Å². The minimum atomic E-state index is 0.515. The van der Waals surface area contributed by atoms with E-state index in [-0.39, 0.29) is 0 Å². The molecular weight excluding hydrogens is 250 g/mol. The van der Waals surface area contributed by atoms with Gasteiger partial charge in [0.25, 0.3) is 0 Å². The second-order valence-corrected chi connectivity index (χ2v) is 5.69. The Labute approximate surface area is 123 Å². The summed E-state index contributed by atoms with van der Waals surface area (Å²) in [6.07, 6.45) is 2.01. The van der Waals surface area contributed by atoms with Crippen LogP contribution in [-0.4, -0.2) is 29.7 Å². The molecule has 0 bridgehead atoms. The predicted octanol–water partition coefficient (Wildman–Crippen LogP) is 2.81. The van der Waals surface area contributed by atoms with E-state index in [0.717, 1.165) is 49.8 Å². The molecule has 114 valence electrons. The maximum absolute atomic E-state index is 5.51. The van der Waals surface area contributed by atoms with E-state index in [1.165, 1.54) is 5.56 Å². The number of nitrogens with zero attached hydrogens (tertiary/aromatic N) is 2. The van der Waals surface area contributed by atoms with Crippen molar-refractivity contribution in [1.82, 2.24) is 15.3 Å². The van der Waals surface area contributed by atoms with Crippen molar-refractivity contribution in [2.24, 2.45) is 5.92 Å². The molecule has 1 aromatic rings. The molecule has 0 saturated heterocycles. The van der Waals surface area contributed by atoms with Crippen molar-refractivity contribution in [3.8, 4) is 0 Å². The summed E-state index contributed by atoms with van der Waals surface area (Å²) in [7, 11) is 0. The summed E-state index contributed by atoms with van der Waals surface area (Å²) < 4.78 is 5.51. The first-order valence-corrected chi connectivity index (χ1v) is 7.66. The molecule has 1 heterocycles. The van der Waals surface area contributed by atoms with Crippen LogP contribution >= 0.6 is 0 Å². The molecule has 0 radical (unpaired) electrons. The zero-order chi connectivity index (χ0) is 15.0. The molecule has 0 amide bonds. The van der Waals surface area contributed by atoms with Gasteiger partial charge in [0.1, 0.15) is 6.61 Å². The van der Waals surface area contributed by atoms with Crippen LogP contribution in [0.4, 0.5) is 0 Å². The molecule has 0 saturated carbocycles. The molecule has 0 aliphatic rings. The van der Waals surface area contributed by atoms with Crippen LogP contribution in [0.5, 0.6) is 0 Å². The van der Waals surface area contributed by atoms with Crippen LogP contribution in [0.1, 0.15) is 50.0 Å². The smallest absolute Gasteiger partial charge is 0.154 e. The quantitative estimate of drug-likeness (QED) is 0.706. The van der Waals surface area contributed by atoms with Gasteiger partial charge in [-0.2, -0.15) is 0 Å². The molecule has 0 aliphatic carbocycles. The van der Waals surface area contributed by atoms with Crippen LogP contribution in [0.25, 0.3) is 0 Å². The van der Waals surface area contributed by atoms with Gasteiger partial charge in [-0.3, -0.25) is 0 Å². The van der Waals surface area contributed by atoms with E-state index in [1.807, 2.05) is 0 Å². The molecule has 0 fully saturated rings. The molecule has 20 heavy (non-hydrogen) atoms. The minimum absolute atomic E-state index is 0.515. The maximum atomic E-state index is 5.51. The van der Waals surface area contributed by atoms with Crippen molar-refractivity contribution < 1.29 is 4.74 Å². The highest BCUT2D eigenvalue weighted by atomic mass is 16.5. The molecule has 0 aromatic carbocycles. The van der Waals surface area contributed by atoms with E-state index in [1.54, 1.807) is 0 Å². The number of ether oxygens (including phenoxy) is 1. The van der Waals surface area contributed by atoms with Crippen molar-refractivity contribution in [2.75, 3.05) is 19.7 Å².